The van der Waals surface area contributed by atoms with Crippen molar-refractivity contribution in [2.75, 3.05) is 13.2 Å². The third-order valence-electron chi connectivity index (χ3n) is 1.99. The van der Waals surface area contributed by atoms with Crippen molar-refractivity contribution in [3.8, 4) is 0 Å². The third kappa shape index (κ3) is 4.06. The Balaban J connectivity index is 0. The summed E-state index contributed by atoms with van der Waals surface area (Å²) in [5.41, 5.74) is -3.10. The molecule has 0 aliphatic carbocycles. The third-order valence-corrected chi connectivity index (χ3v) is 1.99. The molecule has 8 nitrogen and oxygen atoms in total. The second-order valence-electron chi connectivity index (χ2n) is 3.06. The van der Waals surface area contributed by atoms with E-state index in [4.69, 9.17) is 30.6 Å². The molecule has 4 atom stereocenters. The second kappa shape index (κ2) is 7.75. The molecule has 16 heavy (non-hydrogen) atoms. The van der Waals surface area contributed by atoms with Gasteiger partial charge >= 0.3 is 37.7 Å². The topological polar surface area (TPSA) is 162 Å². The Kier molecular flexibility index (Phi) is 9.12. The van der Waals surface area contributed by atoms with E-state index in [1.807, 2.05) is 0 Å². The summed E-state index contributed by atoms with van der Waals surface area (Å²) in [4.78, 5) is 10.4. The van der Waals surface area contributed by atoms with Crippen LogP contribution in [0.1, 0.15) is 0 Å². The second-order valence-corrected chi connectivity index (χ2v) is 3.06. The summed E-state index contributed by atoms with van der Waals surface area (Å²) >= 11 is 0. The Morgan fingerprint density at radius 2 is 1.69 bits per heavy atom. The van der Waals surface area contributed by atoms with Crippen molar-refractivity contribution in [2.45, 2.75) is 23.9 Å². The molecule has 0 spiro atoms. The average Bonchev–Trinajstić information content (AvgIpc) is 2.24. The Morgan fingerprint density at radius 3 is 1.94 bits per heavy atom. The van der Waals surface area contributed by atoms with Gasteiger partial charge in [0.25, 0.3) is 0 Å². The van der Waals surface area contributed by atoms with E-state index < -0.39 is 43.1 Å². The van der Waals surface area contributed by atoms with E-state index in [0.29, 0.717) is 0 Å². The molecule has 0 aromatic rings. The first-order chi connectivity index (χ1) is 6.81. The molecule has 6 N–H and O–H groups in total. The van der Waals surface area contributed by atoms with Crippen molar-refractivity contribution in [1.29, 1.82) is 0 Å². The van der Waals surface area contributed by atoms with Gasteiger partial charge in [-0.1, -0.05) is 0 Å². The molecule has 0 bridgehead atoms. The molecule has 0 radical (unpaired) electrons. The summed E-state index contributed by atoms with van der Waals surface area (Å²) in [5.74, 6) is -2.21. The van der Waals surface area contributed by atoms with Gasteiger partial charge in [-0.05, 0) is 0 Å². The van der Waals surface area contributed by atoms with Gasteiger partial charge in [0.15, 0.2) is 5.60 Å². The van der Waals surface area contributed by atoms with Crippen LogP contribution in [0.25, 0.3) is 0 Å². The first-order valence-corrected chi connectivity index (χ1v) is 4.01. The molecule has 0 aromatic carbocycles. The van der Waals surface area contributed by atoms with Gasteiger partial charge in [-0.15, -0.1) is 0 Å². The number of hydrogen-bond acceptors (Lipinski definition) is 8. The van der Waals surface area contributed by atoms with E-state index in [0.717, 1.165) is 0 Å². The van der Waals surface area contributed by atoms with E-state index in [9.17, 15) is 9.90 Å². The Bertz CT molecular complexity index is 224. The van der Waals surface area contributed by atoms with Crippen LogP contribution >= 0.6 is 0 Å². The summed E-state index contributed by atoms with van der Waals surface area (Å²) in [7, 11) is 0. The molecule has 0 saturated carbocycles. The molecule has 0 rings (SSSR count). The fourth-order valence-electron chi connectivity index (χ4n) is 0.880. The first-order valence-electron chi connectivity index (χ1n) is 4.01. The van der Waals surface area contributed by atoms with Crippen molar-refractivity contribution in [3.05, 3.63) is 0 Å². The summed E-state index contributed by atoms with van der Waals surface area (Å²) in [6.45, 7) is -2.36. The minimum absolute atomic E-state index is 0. The van der Waals surface area contributed by atoms with Crippen LogP contribution in [0, 0.1) is 0 Å². The zero-order chi connectivity index (χ0) is 12.2. The molecule has 0 aliphatic rings. The van der Waals surface area contributed by atoms with Crippen molar-refractivity contribution in [3.63, 3.8) is 0 Å². The minimum Gasteiger partial charge on any atom is -0.547 e. The van der Waals surface area contributed by atoms with Crippen LogP contribution < -0.4 is 5.11 Å². The predicted molar refractivity (Wildman–Crippen MR) is 47.9 cm³/mol. The zero-order valence-corrected chi connectivity index (χ0v) is 10.6. The first kappa shape index (κ1) is 18.8. The maximum absolute atomic E-state index is 10.4. The Morgan fingerprint density at radius 1 is 1.25 bits per heavy atom. The van der Waals surface area contributed by atoms with Crippen LogP contribution in [0.4, 0.5) is 0 Å². The fraction of sp³-hybridized carbons (Fsp3) is 0.857. The van der Waals surface area contributed by atoms with Crippen LogP contribution in [-0.2, 0) is 4.79 Å². The van der Waals surface area contributed by atoms with Gasteiger partial charge in [-0.3, -0.25) is 0 Å². The molecular weight excluding hydrogens is 252 g/mol. The van der Waals surface area contributed by atoms with Gasteiger partial charge in [0, 0.05) is 0 Å². The normalized spacial score (nSPS) is 20.1. The van der Waals surface area contributed by atoms with Gasteiger partial charge in [0.1, 0.15) is 18.3 Å². The molecule has 0 aromatic heterocycles. The molecule has 9 heteroatoms. The van der Waals surface area contributed by atoms with E-state index in [-0.39, 0.29) is 37.7 Å². The number of aliphatic carboxylic acids is 1. The maximum atomic E-state index is 10.4. The molecule has 0 amide bonds. The molecule has 0 saturated heterocycles. The van der Waals surface area contributed by atoms with E-state index in [2.05, 4.69) is 0 Å². The molecule has 0 unspecified atom stereocenters. The number of aliphatic hydroxyl groups excluding tert-OH is 5. The van der Waals surface area contributed by atoms with Crippen LogP contribution in [0.2, 0.25) is 0 Å². The zero-order valence-electron chi connectivity index (χ0n) is 8.35. The van der Waals surface area contributed by atoms with Crippen LogP contribution in [0.15, 0.2) is 0 Å². The van der Waals surface area contributed by atoms with Gasteiger partial charge in [0.05, 0.1) is 19.2 Å². The largest absolute Gasteiger partial charge is 2.00 e. The number of carbonyl (C=O) groups excluding carboxylic acids is 1. The summed E-state index contributed by atoms with van der Waals surface area (Å²) in [6.07, 6.45) is -6.38. The monoisotopic (exact) mass is 265 g/mol. The van der Waals surface area contributed by atoms with E-state index in [1.165, 1.54) is 0 Å². The van der Waals surface area contributed by atoms with Crippen LogP contribution in [-0.4, -0.2) is 111 Å². The molecule has 0 aliphatic heterocycles. The Labute approximate surface area is 121 Å². The summed E-state index contributed by atoms with van der Waals surface area (Å²) in [6, 6.07) is 0. The fourth-order valence-corrected chi connectivity index (χ4v) is 0.880. The smallest absolute Gasteiger partial charge is 0.547 e. The number of carboxylic acid groups (broad SMARTS) is 1. The van der Waals surface area contributed by atoms with Crippen molar-refractivity contribution in [1.82, 2.24) is 0 Å². The van der Waals surface area contributed by atoms with Crippen LogP contribution in [0.3, 0.4) is 0 Å². The van der Waals surface area contributed by atoms with Crippen LogP contribution in [0.5, 0.6) is 0 Å². The molecule has 90 valence electrons. The predicted octanol–water partition coefficient (Wildman–Crippen LogP) is -5.85. The van der Waals surface area contributed by atoms with Crippen molar-refractivity contribution >= 4 is 43.7 Å². The van der Waals surface area contributed by atoms with Gasteiger partial charge in [-0.25, -0.2) is 0 Å². The average molecular weight is 265 g/mol. The van der Waals surface area contributed by atoms with Gasteiger partial charge in [0.2, 0.25) is 0 Å². The summed E-state index contributed by atoms with van der Waals surface area (Å²) in [5, 5.41) is 63.6. The number of carboxylic acids is 1. The minimum atomic E-state index is -3.10. The summed E-state index contributed by atoms with van der Waals surface area (Å²) < 4.78 is 0. The number of carbonyl (C=O) groups is 1. The quantitative estimate of drug-likeness (QED) is 0.259. The number of aliphatic hydroxyl groups is 6. The maximum Gasteiger partial charge on any atom is 2.00 e. The van der Waals surface area contributed by atoms with Crippen molar-refractivity contribution in [2.24, 2.45) is 0 Å². The number of rotatable bonds is 6. The number of hydrogen-bond donors (Lipinski definition) is 6. The Hall–Kier alpha value is 0.490. The van der Waals surface area contributed by atoms with E-state index >= 15 is 0 Å². The molecular formula is C7H13CaO8+. The SMILES string of the molecule is O=C([O-])[C@@](O)(CO)[C@@H](O)[C@H](O)[C@H](O)CO.[Ca+2]. The molecule has 0 heterocycles. The van der Waals surface area contributed by atoms with Gasteiger partial charge < -0.3 is 40.5 Å². The standard InChI is InChI=1S/C7H14O8.Ca/c8-1-3(10)4(11)5(12)7(15,2-9)6(13)14;/h3-5,8-12,15H,1-2H2,(H,13,14);/q;+2/p-1/t3-,4-,5+,7-;/m1./s1. The van der Waals surface area contributed by atoms with Gasteiger partial charge in [-0.2, -0.15) is 0 Å². The molecule has 0 fully saturated rings. The van der Waals surface area contributed by atoms with Crippen molar-refractivity contribution < 1.29 is 40.5 Å². The van der Waals surface area contributed by atoms with E-state index in [1.54, 1.807) is 0 Å².